The lowest BCUT2D eigenvalue weighted by molar-refractivity contribution is 0.181. The number of nitrogens with one attached hydrogen (secondary N) is 2. The normalized spacial score (nSPS) is 25.9. The molecule has 0 spiro atoms. The van der Waals surface area contributed by atoms with E-state index in [-0.39, 0.29) is 6.03 Å². The van der Waals surface area contributed by atoms with Gasteiger partial charge in [-0.1, -0.05) is 20.8 Å². The van der Waals surface area contributed by atoms with Crippen LogP contribution in [-0.4, -0.2) is 42.8 Å². The van der Waals surface area contributed by atoms with Crippen LogP contribution in [0.5, 0.6) is 0 Å². The first-order chi connectivity index (χ1) is 9.24. The van der Waals surface area contributed by atoms with Gasteiger partial charge in [0.15, 0.2) is 0 Å². The van der Waals surface area contributed by atoms with Crippen molar-refractivity contribution in [1.82, 2.24) is 15.6 Å². The van der Waals surface area contributed by atoms with Gasteiger partial charge in [-0.2, -0.15) is 5.10 Å². The van der Waals surface area contributed by atoms with Crippen molar-refractivity contribution in [3.63, 3.8) is 0 Å². The largest absolute Gasteiger partial charge is 0.341 e. The number of carbonyl (C=O) groups is 1. The molecule has 0 aromatic rings. The quantitative estimate of drug-likeness (QED) is 0.766. The minimum Gasteiger partial charge on any atom is -0.341 e. The van der Waals surface area contributed by atoms with Crippen molar-refractivity contribution in [2.75, 3.05) is 20.1 Å². The highest BCUT2D eigenvalue weighted by Crippen LogP contribution is 2.23. The van der Waals surface area contributed by atoms with Gasteiger partial charge in [0.25, 0.3) is 0 Å². The zero-order chi connectivity index (χ0) is 14.3. The minimum absolute atomic E-state index is 0.0393. The summed E-state index contributed by atoms with van der Waals surface area (Å²) in [6.07, 6.45) is 4.23. The predicted molar refractivity (Wildman–Crippen MR) is 79.4 cm³/mol. The number of nitrogens with zero attached hydrogens (tertiary/aromatic N) is 2. The van der Waals surface area contributed by atoms with Crippen molar-refractivity contribution >= 4 is 11.7 Å². The summed E-state index contributed by atoms with van der Waals surface area (Å²) < 4.78 is 0. The van der Waals surface area contributed by atoms with Gasteiger partial charge in [0.1, 0.15) is 0 Å². The number of likely N-dealkylation sites (tertiary alicyclic amines) is 1. The average molecular weight is 268 g/mol. The molecule has 2 heterocycles. The van der Waals surface area contributed by atoms with E-state index < -0.39 is 0 Å². The fourth-order valence-corrected chi connectivity index (χ4v) is 2.76. The van der Waals surface area contributed by atoms with Gasteiger partial charge in [-0.3, -0.25) is 0 Å². The SMILES string of the molecule is CC.CCC1=NNC2CCCN(C(=O)NC)CC1C2. The van der Waals surface area contributed by atoms with Crippen molar-refractivity contribution in [2.24, 2.45) is 11.0 Å². The standard InChI is InChI=1S/C12H22N4O.C2H6/c1-3-11-9-7-10(14-15-11)5-4-6-16(8-9)12(17)13-2;1-2/h9-10,14H,3-8H2,1-2H3,(H,13,17);1-2H3. The number of amides is 2. The van der Waals surface area contributed by atoms with Crippen molar-refractivity contribution in [3.8, 4) is 0 Å². The Bertz CT molecular complexity index is 317. The topological polar surface area (TPSA) is 56.7 Å². The zero-order valence-corrected chi connectivity index (χ0v) is 12.7. The van der Waals surface area contributed by atoms with Crippen LogP contribution in [0.25, 0.3) is 0 Å². The van der Waals surface area contributed by atoms with Gasteiger partial charge < -0.3 is 15.6 Å². The maximum absolute atomic E-state index is 11.7. The maximum atomic E-state index is 11.7. The van der Waals surface area contributed by atoms with Gasteiger partial charge in [-0.05, 0) is 25.7 Å². The van der Waals surface area contributed by atoms with E-state index in [1.54, 1.807) is 7.05 Å². The molecule has 2 N–H and O–H groups in total. The van der Waals surface area contributed by atoms with E-state index in [9.17, 15) is 4.79 Å². The molecule has 110 valence electrons. The van der Waals surface area contributed by atoms with Crippen LogP contribution in [0.2, 0.25) is 0 Å². The highest BCUT2D eigenvalue weighted by molar-refractivity contribution is 5.87. The van der Waals surface area contributed by atoms with E-state index in [2.05, 4.69) is 22.8 Å². The molecule has 2 aliphatic rings. The summed E-state index contributed by atoms with van der Waals surface area (Å²) in [5.41, 5.74) is 4.45. The first kappa shape index (κ1) is 15.8. The first-order valence-electron chi connectivity index (χ1n) is 7.53. The Hall–Kier alpha value is -1.26. The highest BCUT2D eigenvalue weighted by atomic mass is 16.2. The second kappa shape index (κ2) is 8.02. The van der Waals surface area contributed by atoms with Gasteiger partial charge in [0.2, 0.25) is 0 Å². The molecule has 0 aliphatic carbocycles. The summed E-state index contributed by atoms with van der Waals surface area (Å²) in [6, 6.07) is 0.541. The average Bonchev–Trinajstić information content (AvgIpc) is 2.45. The number of hydrogen-bond donors (Lipinski definition) is 2. The van der Waals surface area contributed by atoms with Crippen LogP contribution in [0, 0.1) is 5.92 Å². The molecular formula is C14H28N4O. The molecule has 2 atom stereocenters. The van der Waals surface area contributed by atoms with Gasteiger partial charge in [-0.25, -0.2) is 4.79 Å². The Morgan fingerprint density at radius 1 is 1.53 bits per heavy atom. The molecule has 1 fully saturated rings. The molecule has 2 bridgehead atoms. The van der Waals surface area contributed by atoms with Crippen molar-refractivity contribution < 1.29 is 4.79 Å². The smallest absolute Gasteiger partial charge is 0.317 e. The Morgan fingerprint density at radius 2 is 2.26 bits per heavy atom. The second-order valence-electron chi connectivity index (χ2n) is 4.86. The monoisotopic (exact) mass is 268 g/mol. The summed E-state index contributed by atoms with van der Waals surface area (Å²) in [5, 5.41) is 7.18. The third kappa shape index (κ3) is 4.11. The van der Waals surface area contributed by atoms with Gasteiger partial charge >= 0.3 is 6.03 Å². The van der Waals surface area contributed by atoms with Crippen LogP contribution in [0.3, 0.4) is 0 Å². The van der Waals surface area contributed by atoms with E-state index in [4.69, 9.17) is 0 Å². The molecule has 2 rings (SSSR count). The Balaban J connectivity index is 0.000000861. The minimum atomic E-state index is 0.0393. The first-order valence-corrected chi connectivity index (χ1v) is 7.53. The van der Waals surface area contributed by atoms with Gasteiger partial charge in [0, 0.05) is 37.8 Å². The molecule has 2 amide bonds. The van der Waals surface area contributed by atoms with E-state index in [0.717, 1.165) is 38.8 Å². The molecule has 1 saturated heterocycles. The summed E-state index contributed by atoms with van der Waals surface area (Å²) >= 11 is 0. The molecule has 0 aromatic heterocycles. The number of urea groups is 1. The number of rotatable bonds is 1. The number of hydrogen-bond acceptors (Lipinski definition) is 3. The summed E-state index contributed by atoms with van der Waals surface area (Å²) in [4.78, 5) is 13.7. The third-order valence-corrected chi connectivity index (χ3v) is 3.72. The van der Waals surface area contributed by atoms with Gasteiger partial charge in [-0.15, -0.1) is 0 Å². The van der Waals surface area contributed by atoms with Crippen LogP contribution < -0.4 is 10.7 Å². The molecule has 2 unspecified atom stereocenters. The molecule has 0 aromatic carbocycles. The van der Waals surface area contributed by atoms with Crippen molar-refractivity contribution in [3.05, 3.63) is 0 Å². The van der Waals surface area contributed by atoms with Crippen molar-refractivity contribution in [1.29, 1.82) is 0 Å². The zero-order valence-electron chi connectivity index (χ0n) is 12.7. The van der Waals surface area contributed by atoms with Gasteiger partial charge in [0.05, 0.1) is 0 Å². The van der Waals surface area contributed by atoms with E-state index in [1.807, 2.05) is 18.7 Å². The third-order valence-electron chi connectivity index (χ3n) is 3.72. The van der Waals surface area contributed by atoms with Crippen LogP contribution in [0.1, 0.15) is 46.5 Å². The van der Waals surface area contributed by atoms with Crippen LogP contribution >= 0.6 is 0 Å². The van der Waals surface area contributed by atoms with Crippen LogP contribution in [0.15, 0.2) is 5.10 Å². The van der Waals surface area contributed by atoms with E-state index in [1.165, 1.54) is 5.71 Å². The molecular weight excluding hydrogens is 240 g/mol. The Kier molecular flexibility index (Phi) is 6.67. The fourth-order valence-electron chi connectivity index (χ4n) is 2.76. The van der Waals surface area contributed by atoms with E-state index in [0.29, 0.717) is 12.0 Å². The second-order valence-corrected chi connectivity index (χ2v) is 4.86. The number of hydrazone groups is 1. The van der Waals surface area contributed by atoms with Crippen molar-refractivity contribution in [2.45, 2.75) is 52.5 Å². The molecule has 19 heavy (non-hydrogen) atoms. The summed E-state index contributed by atoms with van der Waals surface area (Å²) in [5.74, 6) is 0.434. The fraction of sp³-hybridized carbons (Fsp3) is 0.857. The molecule has 5 heteroatoms. The lowest BCUT2D eigenvalue weighted by atomic mass is 9.88. The maximum Gasteiger partial charge on any atom is 0.317 e. The molecule has 5 nitrogen and oxygen atoms in total. The molecule has 2 aliphatic heterocycles. The lowest BCUT2D eigenvalue weighted by Crippen LogP contribution is -2.48. The Morgan fingerprint density at radius 3 is 2.89 bits per heavy atom. The van der Waals surface area contributed by atoms with Crippen LogP contribution in [0.4, 0.5) is 4.79 Å². The predicted octanol–water partition coefficient (Wildman–Crippen LogP) is 2.19. The van der Waals surface area contributed by atoms with E-state index >= 15 is 0 Å². The highest BCUT2D eigenvalue weighted by Gasteiger charge is 2.29. The Labute approximate surface area is 116 Å². The molecule has 0 saturated carbocycles. The summed E-state index contributed by atoms with van der Waals surface area (Å²) in [6.45, 7) is 7.79. The van der Waals surface area contributed by atoms with Crippen LogP contribution in [-0.2, 0) is 0 Å². The molecule has 0 radical (unpaired) electrons. The summed E-state index contributed by atoms with van der Waals surface area (Å²) in [7, 11) is 1.70. The number of carbonyl (C=O) groups excluding carboxylic acids is 1. The number of fused-ring (bicyclic) bond motifs is 2. The lowest BCUT2D eigenvalue weighted by Gasteiger charge is -2.36.